The van der Waals surface area contributed by atoms with E-state index in [1.165, 1.54) is 0 Å². The van der Waals surface area contributed by atoms with Crippen LogP contribution in [0.2, 0.25) is 0 Å². The molecular weight excluding hydrogens is 372 g/mol. The summed E-state index contributed by atoms with van der Waals surface area (Å²) in [7, 11) is 5.72. The predicted molar refractivity (Wildman–Crippen MR) is 125 cm³/mol. The molecule has 0 aromatic heterocycles. The Bertz CT molecular complexity index is 993. The van der Waals surface area contributed by atoms with Gasteiger partial charge >= 0.3 is 0 Å². The van der Waals surface area contributed by atoms with Crippen LogP contribution in [0.4, 0.5) is 5.69 Å². The first-order valence-corrected chi connectivity index (χ1v) is 10.0. The lowest BCUT2D eigenvalue weighted by molar-refractivity contribution is 0.104. The zero-order chi connectivity index (χ0) is 21.3. The number of allylic oxidation sites excluding steroid dienone is 1. The van der Waals surface area contributed by atoms with E-state index >= 15 is 0 Å². The van der Waals surface area contributed by atoms with Crippen molar-refractivity contribution in [2.45, 2.75) is 0 Å². The van der Waals surface area contributed by atoms with E-state index in [-0.39, 0.29) is 5.78 Å². The van der Waals surface area contributed by atoms with E-state index in [4.69, 9.17) is 4.74 Å². The van der Waals surface area contributed by atoms with Crippen LogP contribution < -0.4 is 10.1 Å². The van der Waals surface area contributed by atoms with Gasteiger partial charge in [-0.1, -0.05) is 36.4 Å². The third-order valence-corrected chi connectivity index (χ3v) is 4.81. The lowest BCUT2D eigenvalue weighted by Gasteiger charge is -2.11. The number of ketones is 1. The smallest absolute Gasteiger partial charge is 0.185 e. The van der Waals surface area contributed by atoms with Gasteiger partial charge in [-0.15, -0.1) is 0 Å². The minimum absolute atomic E-state index is 0.0398. The van der Waals surface area contributed by atoms with Crippen molar-refractivity contribution >= 4 is 17.5 Å². The van der Waals surface area contributed by atoms with Gasteiger partial charge in [-0.2, -0.15) is 0 Å². The molecule has 0 atom stereocenters. The molecule has 0 aliphatic heterocycles. The number of ether oxygens (including phenoxy) is 1. The molecule has 0 amide bonds. The highest BCUT2D eigenvalue weighted by molar-refractivity contribution is 6.07. The van der Waals surface area contributed by atoms with Crippen molar-refractivity contribution in [1.29, 1.82) is 0 Å². The Kier molecular flexibility index (Phi) is 7.41. The monoisotopic (exact) mass is 400 g/mol. The van der Waals surface area contributed by atoms with Crippen molar-refractivity contribution in [3.8, 4) is 16.9 Å². The molecule has 0 unspecified atom stereocenters. The second kappa shape index (κ2) is 10.4. The van der Waals surface area contributed by atoms with Crippen LogP contribution in [0.15, 0.2) is 78.9 Å². The largest absolute Gasteiger partial charge is 0.496 e. The maximum atomic E-state index is 12.6. The molecule has 4 nitrogen and oxygen atoms in total. The number of carbonyl (C=O) groups is 1. The molecule has 0 spiro atoms. The number of carbonyl (C=O) groups excluding carboxylic acids is 1. The molecule has 3 aromatic carbocycles. The highest BCUT2D eigenvalue weighted by Crippen LogP contribution is 2.27. The number of nitrogens with zero attached hydrogens (tertiary/aromatic N) is 1. The third kappa shape index (κ3) is 5.82. The maximum Gasteiger partial charge on any atom is 0.185 e. The van der Waals surface area contributed by atoms with E-state index in [9.17, 15) is 4.79 Å². The Morgan fingerprint density at radius 1 is 0.967 bits per heavy atom. The van der Waals surface area contributed by atoms with Crippen LogP contribution in [-0.4, -0.2) is 45.0 Å². The van der Waals surface area contributed by atoms with Crippen LogP contribution in [-0.2, 0) is 0 Å². The van der Waals surface area contributed by atoms with Gasteiger partial charge in [-0.3, -0.25) is 4.79 Å². The number of hydrogen-bond donors (Lipinski definition) is 1. The molecule has 0 fully saturated rings. The van der Waals surface area contributed by atoms with E-state index in [1.54, 1.807) is 13.2 Å². The van der Waals surface area contributed by atoms with Crippen LogP contribution in [0.1, 0.15) is 15.9 Å². The van der Waals surface area contributed by atoms with Gasteiger partial charge in [0.25, 0.3) is 0 Å². The van der Waals surface area contributed by atoms with Crippen LogP contribution in [0.5, 0.6) is 5.75 Å². The fourth-order valence-corrected chi connectivity index (χ4v) is 3.11. The molecule has 0 aliphatic carbocycles. The number of anilines is 1. The second-order valence-electron chi connectivity index (χ2n) is 7.33. The SMILES string of the molecule is COc1ccc(-c2ccccc2)cc1C=CC(=O)c1ccc(NCCN(C)C)cc1. The summed E-state index contributed by atoms with van der Waals surface area (Å²) in [5, 5.41) is 3.35. The van der Waals surface area contributed by atoms with Gasteiger partial charge in [0.05, 0.1) is 7.11 Å². The summed E-state index contributed by atoms with van der Waals surface area (Å²) in [6.45, 7) is 1.81. The highest BCUT2D eigenvalue weighted by Gasteiger charge is 2.06. The van der Waals surface area contributed by atoms with E-state index < -0.39 is 0 Å². The number of benzene rings is 3. The van der Waals surface area contributed by atoms with E-state index in [1.807, 2.05) is 80.8 Å². The summed E-state index contributed by atoms with van der Waals surface area (Å²) in [6, 6.07) is 23.7. The number of methoxy groups -OCH3 is 1. The summed E-state index contributed by atoms with van der Waals surface area (Å²) >= 11 is 0. The van der Waals surface area contributed by atoms with Crippen LogP contribution in [0.25, 0.3) is 17.2 Å². The van der Waals surface area contributed by atoms with Gasteiger partial charge in [0, 0.05) is 29.9 Å². The minimum Gasteiger partial charge on any atom is -0.496 e. The Morgan fingerprint density at radius 2 is 1.70 bits per heavy atom. The summed E-state index contributed by atoms with van der Waals surface area (Å²) in [4.78, 5) is 14.8. The topological polar surface area (TPSA) is 41.6 Å². The van der Waals surface area contributed by atoms with Gasteiger partial charge in [0.2, 0.25) is 0 Å². The summed E-state index contributed by atoms with van der Waals surface area (Å²) in [6.07, 6.45) is 3.41. The number of likely N-dealkylation sites (N-methyl/N-ethyl adjacent to an activating group) is 1. The molecule has 0 radical (unpaired) electrons. The summed E-state index contributed by atoms with van der Waals surface area (Å²) < 4.78 is 5.47. The molecule has 1 N–H and O–H groups in total. The van der Waals surface area contributed by atoms with E-state index in [2.05, 4.69) is 22.3 Å². The van der Waals surface area contributed by atoms with Crippen molar-refractivity contribution in [1.82, 2.24) is 4.90 Å². The minimum atomic E-state index is -0.0398. The van der Waals surface area contributed by atoms with Gasteiger partial charge < -0.3 is 15.0 Å². The van der Waals surface area contributed by atoms with Crippen molar-refractivity contribution in [3.63, 3.8) is 0 Å². The maximum absolute atomic E-state index is 12.6. The molecule has 0 saturated heterocycles. The molecule has 0 aliphatic rings. The van der Waals surface area contributed by atoms with Gasteiger partial charge in [0.15, 0.2) is 5.78 Å². The summed E-state index contributed by atoms with van der Waals surface area (Å²) in [5.74, 6) is 0.696. The average Bonchev–Trinajstić information content (AvgIpc) is 2.78. The lowest BCUT2D eigenvalue weighted by atomic mass is 10.0. The van der Waals surface area contributed by atoms with Crippen LogP contribution in [0, 0.1) is 0 Å². The molecule has 30 heavy (non-hydrogen) atoms. The fraction of sp³-hybridized carbons (Fsp3) is 0.192. The third-order valence-electron chi connectivity index (χ3n) is 4.81. The fourth-order valence-electron chi connectivity index (χ4n) is 3.11. The molecule has 0 bridgehead atoms. The van der Waals surface area contributed by atoms with Gasteiger partial charge in [-0.05, 0) is 73.8 Å². The molecule has 0 heterocycles. The van der Waals surface area contributed by atoms with E-state index in [0.29, 0.717) is 5.56 Å². The number of rotatable bonds is 9. The Balaban J connectivity index is 1.72. The molecule has 3 rings (SSSR count). The van der Waals surface area contributed by atoms with Crippen molar-refractivity contribution in [2.75, 3.05) is 39.6 Å². The first-order chi connectivity index (χ1) is 14.6. The van der Waals surface area contributed by atoms with Crippen LogP contribution >= 0.6 is 0 Å². The Hall–Kier alpha value is -3.37. The lowest BCUT2D eigenvalue weighted by Crippen LogP contribution is -2.20. The zero-order valence-electron chi connectivity index (χ0n) is 17.8. The predicted octanol–water partition coefficient (Wildman–Crippen LogP) is 5.23. The molecule has 154 valence electrons. The highest BCUT2D eigenvalue weighted by atomic mass is 16.5. The summed E-state index contributed by atoms with van der Waals surface area (Å²) in [5.41, 5.74) is 4.74. The number of nitrogens with one attached hydrogen (secondary N) is 1. The molecule has 4 heteroatoms. The molecule has 0 saturated carbocycles. The van der Waals surface area contributed by atoms with Crippen molar-refractivity contribution in [3.05, 3.63) is 90.0 Å². The van der Waals surface area contributed by atoms with Gasteiger partial charge in [-0.25, -0.2) is 0 Å². The zero-order valence-corrected chi connectivity index (χ0v) is 17.8. The average molecular weight is 401 g/mol. The van der Waals surface area contributed by atoms with Gasteiger partial charge in [0.1, 0.15) is 5.75 Å². The molecule has 3 aromatic rings. The first kappa shape index (κ1) is 21.3. The van der Waals surface area contributed by atoms with Crippen molar-refractivity contribution in [2.24, 2.45) is 0 Å². The molecular formula is C26H28N2O2. The Morgan fingerprint density at radius 3 is 2.37 bits per heavy atom. The van der Waals surface area contributed by atoms with Crippen molar-refractivity contribution < 1.29 is 9.53 Å². The number of hydrogen-bond acceptors (Lipinski definition) is 4. The standard InChI is InChI=1S/C26H28N2O2/c1-28(2)18-17-27-24-13-9-21(10-14-24)25(29)15-11-23-19-22(12-16-26(23)30-3)20-7-5-4-6-8-20/h4-16,19,27H,17-18H2,1-3H3. The normalized spacial score (nSPS) is 11.1. The first-order valence-electron chi connectivity index (χ1n) is 10.0. The van der Waals surface area contributed by atoms with Crippen LogP contribution in [0.3, 0.4) is 0 Å². The Labute approximate surface area is 178 Å². The second-order valence-corrected chi connectivity index (χ2v) is 7.33. The van der Waals surface area contributed by atoms with E-state index in [0.717, 1.165) is 41.2 Å². The quantitative estimate of drug-likeness (QED) is 0.394.